The Balaban J connectivity index is 1.72. The van der Waals surface area contributed by atoms with Crippen LogP contribution in [0.4, 0.5) is 0 Å². The van der Waals surface area contributed by atoms with Crippen LogP contribution in [0.1, 0.15) is 27.3 Å². The van der Waals surface area contributed by atoms with E-state index in [2.05, 4.69) is 10.4 Å². The van der Waals surface area contributed by atoms with Crippen molar-refractivity contribution in [2.24, 2.45) is 0 Å². The Labute approximate surface area is 170 Å². The molecule has 0 unspecified atom stereocenters. The van der Waals surface area contributed by atoms with Gasteiger partial charge in [-0.1, -0.05) is 0 Å². The fraction of sp³-hybridized carbons (Fsp3) is 0.273. The van der Waals surface area contributed by atoms with Crippen LogP contribution in [0.15, 0.2) is 42.5 Å². The second kappa shape index (κ2) is 8.68. The zero-order valence-corrected chi connectivity index (χ0v) is 17.3. The smallest absolute Gasteiger partial charge is 0.251 e. The molecule has 0 aliphatic heterocycles. The van der Waals surface area contributed by atoms with E-state index in [0.29, 0.717) is 29.4 Å². The highest BCUT2D eigenvalue weighted by Gasteiger charge is 2.14. The number of aromatic nitrogens is 2. The van der Waals surface area contributed by atoms with Gasteiger partial charge in [0.2, 0.25) is 5.75 Å². The van der Waals surface area contributed by atoms with E-state index in [1.54, 1.807) is 33.5 Å². The summed E-state index contributed by atoms with van der Waals surface area (Å²) in [6, 6.07) is 13.0. The van der Waals surface area contributed by atoms with E-state index in [1.807, 2.05) is 48.9 Å². The lowest BCUT2D eigenvalue weighted by molar-refractivity contribution is 0.0951. The number of methoxy groups -OCH3 is 3. The highest BCUT2D eigenvalue weighted by molar-refractivity contribution is 5.94. The molecule has 0 atom stereocenters. The third-order valence-electron chi connectivity index (χ3n) is 4.56. The topological polar surface area (TPSA) is 74.6 Å². The van der Waals surface area contributed by atoms with Gasteiger partial charge in [0.25, 0.3) is 5.91 Å². The van der Waals surface area contributed by atoms with Crippen LogP contribution >= 0.6 is 0 Å². The van der Waals surface area contributed by atoms with Crippen molar-refractivity contribution in [2.45, 2.75) is 20.4 Å². The van der Waals surface area contributed by atoms with Gasteiger partial charge in [-0.25, -0.2) is 4.68 Å². The molecule has 1 N–H and O–H groups in total. The average Bonchev–Trinajstić information content (AvgIpc) is 3.08. The van der Waals surface area contributed by atoms with E-state index in [9.17, 15) is 4.79 Å². The van der Waals surface area contributed by atoms with Crippen molar-refractivity contribution < 1.29 is 19.0 Å². The van der Waals surface area contributed by atoms with Crippen molar-refractivity contribution >= 4 is 5.91 Å². The number of carbonyl (C=O) groups excluding carboxylic acids is 1. The summed E-state index contributed by atoms with van der Waals surface area (Å²) in [5.74, 6) is 1.44. The summed E-state index contributed by atoms with van der Waals surface area (Å²) in [4.78, 5) is 12.5. The number of aryl methyl sites for hydroxylation is 2. The van der Waals surface area contributed by atoms with E-state index in [-0.39, 0.29) is 5.91 Å². The molecule has 29 heavy (non-hydrogen) atoms. The summed E-state index contributed by atoms with van der Waals surface area (Å²) in [6.07, 6.45) is 0. The molecule has 7 heteroatoms. The first-order valence-electron chi connectivity index (χ1n) is 9.17. The molecule has 0 aliphatic rings. The van der Waals surface area contributed by atoms with Gasteiger partial charge >= 0.3 is 0 Å². The van der Waals surface area contributed by atoms with Crippen LogP contribution in [0.5, 0.6) is 17.2 Å². The monoisotopic (exact) mass is 395 g/mol. The lowest BCUT2D eigenvalue weighted by Crippen LogP contribution is -2.22. The molecule has 0 saturated carbocycles. The highest BCUT2D eigenvalue weighted by atomic mass is 16.5. The summed E-state index contributed by atoms with van der Waals surface area (Å²) < 4.78 is 17.9. The number of hydrogen-bond donors (Lipinski definition) is 1. The molecule has 0 radical (unpaired) electrons. The normalized spacial score (nSPS) is 10.5. The second-order valence-corrected chi connectivity index (χ2v) is 6.60. The summed E-state index contributed by atoms with van der Waals surface area (Å²) in [5, 5.41) is 7.38. The summed E-state index contributed by atoms with van der Waals surface area (Å²) in [6.45, 7) is 4.28. The van der Waals surface area contributed by atoms with E-state index < -0.39 is 0 Å². The first-order valence-corrected chi connectivity index (χ1v) is 9.17. The minimum atomic E-state index is -0.168. The largest absolute Gasteiger partial charge is 0.493 e. The Morgan fingerprint density at radius 3 is 2.07 bits per heavy atom. The molecule has 1 heterocycles. The minimum absolute atomic E-state index is 0.168. The molecule has 1 aromatic heterocycles. The molecular formula is C22H25N3O4. The predicted molar refractivity (Wildman–Crippen MR) is 110 cm³/mol. The maximum Gasteiger partial charge on any atom is 0.251 e. The number of amides is 1. The van der Waals surface area contributed by atoms with Crippen LogP contribution in [0, 0.1) is 13.8 Å². The van der Waals surface area contributed by atoms with Crippen molar-refractivity contribution in [3.8, 4) is 22.9 Å². The van der Waals surface area contributed by atoms with Gasteiger partial charge < -0.3 is 19.5 Å². The summed E-state index contributed by atoms with van der Waals surface area (Å²) >= 11 is 0. The van der Waals surface area contributed by atoms with Crippen LogP contribution in [-0.4, -0.2) is 37.0 Å². The molecule has 1 amide bonds. The van der Waals surface area contributed by atoms with Crippen molar-refractivity contribution in [1.29, 1.82) is 0 Å². The number of benzene rings is 2. The Morgan fingerprint density at radius 1 is 0.966 bits per heavy atom. The third kappa shape index (κ3) is 4.34. The maximum absolute atomic E-state index is 12.5. The lowest BCUT2D eigenvalue weighted by Gasteiger charge is -2.14. The molecular weight excluding hydrogens is 370 g/mol. The van der Waals surface area contributed by atoms with Gasteiger partial charge in [-0.2, -0.15) is 5.10 Å². The molecule has 7 nitrogen and oxygen atoms in total. The number of nitrogens with zero attached hydrogens (tertiary/aromatic N) is 2. The first-order chi connectivity index (χ1) is 14.0. The predicted octanol–water partition coefficient (Wildman–Crippen LogP) is 3.44. The summed E-state index contributed by atoms with van der Waals surface area (Å²) in [5.41, 5.74) is 4.32. The molecule has 2 aromatic carbocycles. The molecule has 0 fully saturated rings. The van der Waals surface area contributed by atoms with Crippen molar-refractivity contribution in [2.75, 3.05) is 21.3 Å². The number of rotatable bonds is 7. The Kier molecular flexibility index (Phi) is 6.07. The molecule has 0 aliphatic carbocycles. The fourth-order valence-electron chi connectivity index (χ4n) is 3.17. The van der Waals surface area contributed by atoms with Gasteiger partial charge in [0.1, 0.15) is 0 Å². The highest BCUT2D eigenvalue weighted by Crippen LogP contribution is 2.38. The van der Waals surface area contributed by atoms with Gasteiger partial charge in [-0.15, -0.1) is 0 Å². The van der Waals surface area contributed by atoms with Crippen LogP contribution < -0.4 is 19.5 Å². The van der Waals surface area contributed by atoms with E-state index in [0.717, 1.165) is 22.6 Å². The fourth-order valence-corrected chi connectivity index (χ4v) is 3.17. The zero-order chi connectivity index (χ0) is 21.0. The van der Waals surface area contributed by atoms with E-state index >= 15 is 0 Å². The van der Waals surface area contributed by atoms with Gasteiger partial charge in [-0.05, 0) is 61.9 Å². The van der Waals surface area contributed by atoms with Crippen LogP contribution in [-0.2, 0) is 6.54 Å². The molecule has 3 rings (SSSR count). The number of nitrogens with one attached hydrogen (secondary N) is 1. The number of carbonyl (C=O) groups is 1. The second-order valence-electron chi connectivity index (χ2n) is 6.60. The Hall–Kier alpha value is -3.48. The average molecular weight is 395 g/mol. The van der Waals surface area contributed by atoms with Crippen LogP contribution in [0.3, 0.4) is 0 Å². The Bertz CT molecular complexity index is 984. The molecule has 0 bridgehead atoms. The lowest BCUT2D eigenvalue weighted by atomic mass is 10.1. The third-order valence-corrected chi connectivity index (χ3v) is 4.56. The van der Waals surface area contributed by atoms with Crippen LogP contribution in [0.25, 0.3) is 5.69 Å². The maximum atomic E-state index is 12.5. The molecule has 152 valence electrons. The zero-order valence-electron chi connectivity index (χ0n) is 17.3. The van der Waals surface area contributed by atoms with Gasteiger partial charge in [0.15, 0.2) is 11.5 Å². The van der Waals surface area contributed by atoms with Crippen molar-refractivity contribution in [3.05, 3.63) is 65.0 Å². The van der Waals surface area contributed by atoms with Crippen molar-refractivity contribution in [1.82, 2.24) is 15.1 Å². The Morgan fingerprint density at radius 2 is 1.59 bits per heavy atom. The van der Waals surface area contributed by atoms with Crippen LogP contribution in [0.2, 0.25) is 0 Å². The molecule has 3 aromatic rings. The van der Waals surface area contributed by atoms with Gasteiger partial charge in [-0.3, -0.25) is 4.79 Å². The van der Waals surface area contributed by atoms with E-state index in [4.69, 9.17) is 14.2 Å². The van der Waals surface area contributed by atoms with E-state index in [1.165, 1.54) is 0 Å². The summed E-state index contributed by atoms with van der Waals surface area (Å²) in [7, 11) is 4.67. The standard InChI is InChI=1S/C22H25N3O4/c1-14-10-15(2)25(24-14)18-8-6-17(7-9-18)22(26)23-13-16-11-19(27-3)21(29-5)20(12-16)28-4/h6-12H,13H2,1-5H3,(H,23,26). The number of hydrogen-bond acceptors (Lipinski definition) is 5. The SMILES string of the molecule is COc1cc(CNC(=O)c2ccc(-n3nc(C)cc3C)cc2)cc(OC)c1OC. The molecule has 0 spiro atoms. The van der Waals surface area contributed by atoms with Crippen molar-refractivity contribution in [3.63, 3.8) is 0 Å². The quantitative estimate of drug-likeness (QED) is 0.663. The molecule has 0 saturated heterocycles. The minimum Gasteiger partial charge on any atom is -0.493 e. The first kappa shape index (κ1) is 20.3. The van der Waals surface area contributed by atoms with Gasteiger partial charge in [0, 0.05) is 17.8 Å². The van der Waals surface area contributed by atoms with Gasteiger partial charge in [0.05, 0.1) is 32.7 Å². The number of ether oxygens (including phenoxy) is 3.